The predicted molar refractivity (Wildman–Crippen MR) is 111 cm³/mol. The molecule has 10 nitrogen and oxygen atoms in total. The van der Waals surface area contributed by atoms with Gasteiger partial charge in [-0.1, -0.05) is 0 Å². The average Bonchev–Trinajstić information content (AvgIpc) is 2.74. The van der Waals surface area contributed by atoms with Gasteiger partial charge in [0.2, 0.25) is 0 Å². The zero-order valence-electron chi connectivity index (χ0n) is 16.4. The zero-order chi connectivity index (χ0) is 20.9. The van der Waals surface area contributed by atoms with Crippen LogP contribution in [0, 0.1) is 0 Å². The first-order valence-corrected chi connectivity index (χ1v) is 10.7. The zero-order valence-corrected chi connectivity index (χ0v) is 17.2. The number of piperazine rings is 1. The lowest BCUT2D eigenvalue weighted by molar-refractivity contribution is 0.0958. The summed E-state index contributed by atoms with van der Waals surface area (Å²) in [5.74, 6) is 0.0906. The number of rotatable bonds is 7. The van der Waals surface area contributed by atoms with Crippen molar-refractivity contribution in [2.45, 2.75) is 6.54 Å². The summed E-state index contributed by atoms with van der Waals surface area (Å²) in [7, 11) is -0.662. The molecular weight excluding hydrogens is 394 g/mol. The lowest BCUT2D eigenvalue weighted by Crippen LogP contribution is -2.46. The van der Waals surface area contributed by atoms with Crippen LogP contribution in [-0.4, -0.2) is 69.5 Å². The van der Waals surface area contributed by atoms with Crippen LogP contribution in [0.25, 0.3) is 0 Å². The van der Waals surface area contributed by atoms with E-state index in [-0.39, 0.29) is 11.7 Å². The van der Waals surface area contributed by atoms with E-state index in [4.69, 9.17) is 0 Å². The van der Waals surface area contributed by atoms with E-state index in [1.54, 1.807) is 31.6 Å². The van der Waals surface area contributed by atoms with Gasteiger partial charge in [-0.3, -0.25) is 14.4 Å². The van der Waals surface area contributed by atoms with Crippen LogP contribution in [0.15, 0.2) is 36.7 Å². The van der Waals surface area contributed by atoms with E-state index in [0.29, 0.717) is 12.2 Å². The van der Waals surface area contributed by atoms with E-state index in [2.05, 4.69) is 34.5 Å². The van der Waals surface area contributed by atoms with Gasteiger partial charge in [0.1, 0.15) is 11.5 Å². The SMILES string of the molecule is CNC(=O)c1ccc(N2CCN(Cc3ccnc(NS(=O)(=O)NC)c3)CC2)cn1. The Hall–Kier alpha value is -2.76. The summed E-state index contributed by atoms with van der Waals surface area (Å²) in [6.07, 6.45) is 3.32. The largest absolute Gasteiger partial charge is 0.368 e. The molecule has 1 saturated heterocycles. The molecule has 0 aromatic carbocycles. The standard InChI is InChI=1S/C18H25N7O3S/c1-19-18(26)16-4-3-15(12-22-16)25-9-7-24(8-10-25)13-14-5-6-21-17(11-14)23-29(27,28)20-2/h3-6,11-12,20H,7-10,13H2,1-2H3,(H,19,26)(H,21,23). The molecule has 0 unspecified atom stereocenters. The van der Waals surface area contributed by atoms with E-state index in [9.17, 15) is 13.2 Å². The highest BCUT2D eigenvalue weighted by Gasteiger charge is 2.18. The number of nitrogens with zero attached hydrogens (tertiary/aromatic N) is 4. The van der Waals surface area contributed by atoms with Gasteiger partial charge in [-0.05, 0) is 29.8 Å². The molecule has 2 aromatic heterocycles. The van der Waals surface area contributed by atoms with Gasteiger partial charge in [0.05, 0.1) is 11.9 Å². The first-order valence-electron chi connectivity index (χ1n) is 9.22. The van der Waals surface area contributed by atoms with Crippen LogP contribution in [0.5, 0.6) is 0 Å². The number of aromatic nitrogens is 2. The van der Waals surface area contributed by atoms with Crippen molar-refractivity contribution in [3.63, 3.8) is 0 Å². The highest BCUT2D eigenvalue weighted by molar-refractivity contribution is 7.90. The fourth-order valence-corrected chi connectivity index (χ4v) is 3.56. The number of hydrogen-bond donors (Lipinski definition) is 3. The van der Waals surface area contributed by atoms with Crippen molar-refractivity contribution < 1.29 is 13.2 Å². The second-order valence-electron chi connectivity index (χ2n) is 6.60. The molecule has 29 heavy (non-hydrogen) atoms. The van der Waals surface area contributed by atoms with Gasteiger partial charge in [-0.2, -0.15) is 8.42 Å². The van der Waals surface area contributed by atoms with Crippen molar-refractivity contribution in [3.05, 3.63) is 47.9 Å². The smallest absolute Gasteiger partial charge is 0.300 e. The van der Waals surface area contributed by atoms with Gasteiger partial charge >= 0.3 is 0 Å². The molecule has 1 amide bonds. The lowest BCUT2D eigenvalue weighted by Gasteiger charge is -2.36. The van der Waals surface area contributed by atoms with Crippen molar-refractivity contribution in [3.8, 4) is 0 Å². The van der Waals surface area contributed by atoms with E-state index < -0.39 is 10.2 Å². The molecule has 3 N–H and O–H groups in total. The molecule has 3 heterocycles. The third kappa shape index (κ3) is 5.62. The van der Waals surface area contributed by atoms with Crippen molar-refractivity contribution >= 4 is 27.6 Å². The molecule has 0 radical (unpaired) electrons. The molecule has 1 aliphatic heterocycles. The number of carbonyl (C=O) groups is 1. The van der Waals surface area contributed by atoms with E-state index in [1.807, 2.05) is 12.1 Å². The Balaban J connectivity index is 1.55. The summed E-state index contributed by atoms with van der Waals surface area (Å²) in [5, 5.41) is 2.56. The van der Waals surface area contributed by atoms with Gasteiger partial charge < -0.3 is 10.2 Å². The van der Waals surface area contributed by atoms with Gasteiger partial charge in [0.25, 0.3) is 16.1 Å². The molecule has 1 aliphatic rings. The minimum absolute atomic E-state index is 0.199. The first-order chi connectivity index (χ1) is 13.9. The minimum Gasteiger partial charge on any atom is -0.368 e. The molecule has 2 aromatic rings. The number of nitrogens with one attached hydrogen (secondary N) is 3. The highest BCUT2D eigenvalue weighted by Crippen LogP contribution is 2.17. The van der Waals surface area contributed by atoms with Crippen molar-refractivity contribution in [1.82, 2.24) is 24.9 Å². The number of amides is 1. The van der Waals surface area contributed by atoms with E-state index in [0.717, 1.165) is 37.4 Å². The van der Waals surface area contributed by atoms with Gasteiger partial charge in [0.15, 0.2) is 0 Å². The molecule has 0 bridgehead atoms. The summed E-state index contributed by atoms with van der Waals surface area (Å²) < 4.78 is 27.8. The Bertz CT molecular complexity index is 942. The van der Waals surface area contributed by atoms with Crippen LogP contribution in [0.1, 0.15) is 16.1 Å². The first kappa shape index (κ1) is 21.0. The number of pyridine rings is 2. The fraction of sp³-hybridized carbons (Fsp3) is 0.389. The maximum Gasteiger partial charge on any atom is 0.300 e. The summed E-state index contributed by atoms with van der Waals surface area (Å²) >= 11 is 0. The second kappa shape index (κ2) is 9.16. The summed E-state index contributed by atoms with van der Waals surface area (Å²) in [4.78, 5) is 24.4. The third-order valence-electron chi connectivity index (χ3n) is 4.68. The van der Waals surface area contributed by atoms with Crippen LogP contribution in [0.3, 0.4) is 0 Å². The molecule has 0 atom stereocenters. The third-order valence-corrected chi connectivity index (χ3v) is 5.70. The van der Waals surface area contributed by atoms with E-state index >= 15 is 0 Å². The van der Waals surface area contributed by atoms with Crippen molar-refractivity contribution in [2.75, 3.05) is 49.9 Å². The molecule has 0 aliphatic carbocycles. The molecule has 11 heteroatoms. The Labute approximate surface area is 170 Å². The Morgan fingerprint density at radius 2 is 1.86 bits per heavy atom. The number of anilines is 2. The average molecular weight is 420 g/mol. The lowest BCUT2D eigenvalue weighted by atomic mass is 10.2. The minimum atomic E-state index is -3.58. The topological polar surface area (TPSA) is 120 Å². The predicted octanol–water partition coefficient (Wildman–Crippen LogP) is 0.0345. The van der Waals surface area contributed by atoms with Gasteiger partial charge in [-0.15, -0.1) is 0 Å². The molecule has 0 spiro atoms. The normalized spacial score (nSPS) is 15.2. The maximum absolute atomic E-state index is 11.6. The molecule has 0 saturated carbocycles. The molecular formula is C18H25N7O3S. The number of carbonyl (C=O) groups excluding carboxylic acids is 1. The monoisotopic (exact) mass is 419 g/mol. The van der Waals surface area contributed by atoms with Crippen LogP contribution in [0.2, 0.25) is 0 Å². The van der Waals surface area contributed by atoms with Crippen LogP contribution in [0.4, 0.5) is 11.5 Å². The number of hydrogen-bond acceptors (Lipinski definition) is 7. The maximum atomic E-state index is 11.6. The second-order valence-corrected chi connectivity index (χ2v) is 8.22. The Kier molecular flexibility index (Phi) is 6.62. The highest BCUT2D eigenvalue weighted by atomic mass is 32.2. The molecule has 1 fully saturated rings. The Morgan fingerprint density at radius 3 is 2.48 bits per heavy atom. The summed E-state index contributed by atoms with van der Waals surface area (Å²) in [6.45, 7) is 4.10. The summed E-state index contributed by atoms with van der Waals surface area (Å²) in [6, 6.07) is 7.26. The van der Waals surface area contributed by atoms with Gasteiger partial charge in [0, 0.05) is 53.0 Å². The Morgan fingerprint density at radius 1 is 1.10 bits per heavy atom. The van der Waals surface area contributed by atoms with Crippen LogP contribution < -0.4 is 19.7 Å². The molecule has 156 valence electrons. The quantitative estimate of drug-likeness (QED) is 0.579. The van der Waals surface area contributed by atoms with Crippen molar-refractivity contribution in [2.24, 2.45) is 0 Å². The summed E-state index contributed by atoms with van der Waals surface area (Å²) in [5.41, 5.74) is 2.38. The van der Waals surface area contributed by atoms with Gasteiger partial charge in [-0.25, -0.2) is 14.7 Å². The fourth-order valence-electron chi connectivity index (χ4n) is 3.08. The van der Waals surface area contributed by atoms with Crippen LogP contribution in [-0.2, 0) is 16.8 Å². The van der Waals surface area contributed by atoms with Crippen molar-refractivity contribution in [1.29, 1.82) is 0 Å². The van der Waals surface area contributed by atoms with E-state index in [1.165, 1.54) is 7.05 Å². The van der Waals surface area contributed by atoms with Crippen LogP contribution >= 0.6 is 0 Å². The molecule has 3 rings (SSSR count).